The summed E-state index contributed by atoms with van der Waals surface area (Å²) in [4.78, 5) is 98.6. The molecule has 6 heterocycles. The summed E-state index contributed by atoms with van der Waals surface area (Å²) < 4.78 is 74.2. The van der Waals surface area contributed by atoms with E-state index in [1.807, 2.05) is 37.3 Å². The lowest BCUT2D eigenvalue weighted by Crippen LogP contribution is -2.49. The van der Waals surface area contributed by atoms with Gasteiger partial charge in [0.05, 0.1) is 34.4 Å². The van der Waals surface area contributed by atoms with Crippen molar-refractivity contribution in [2.45, 2.75) is 55.7 Å². The lowest BCUT2D eigenvalue weighted by Gasteiger charge is -2.34. The number of alkyl halides is 5. The molecule has 2 aliphatic heterocycles. The number of piperazine rings is 1. The Balaban J connectivity index is 0.679. The highest BCUT2D eigenvalue weighted by atomic mass is 35.5. The first-order valence-electron chi connectivity index (χ1n) is 26.2. The van der Waals surface area contributed by atoms with Crippen LogP contribution in [0, 0.1) is 5.92 Å². The van der Waals surface area contributed by atoms with Gasteiger partial charge in [-0.25, -0.2) is 28.4 Å². The summed E-state index contributed by atoms with van der Waals surface area (Å²) in [6.07, 6.45) is -3.03. The van der Waals surface area contributed by atoms with Crippen LogP contribution in [-0.2, 0) is 20.9 Å². The first kappa shape index (κ1) is 58.4. The van der Waals surface area contributed by atoms with Gasteiger partial charge in [0.1, 0.15) is 23.9 Å². The molecule has 3 aromatic carbocycles. The molecule has 0 aliphatic carbocycles. The molecule has 1 unspecified atom stereocenters. The number of nitrogens with one attached hydrogen (secondary N) is 4. The lowest BCUT2D eigenvalue weighted by atomic mass is 10.1. The molecule has 7 aromatic rings. The van der Waals surface area contributed by atoms with E-state index >= 15 is 0 Å². The van der Waals surface area contributed by atoms with Crippen LogP contribution in [0.5, 0.6) is 0 Å². The van der Waals surface area contributed by atoms with Crippen LogP contribution in [0.1, 0.15) is 70.0 Å². The minimum absolute atomic E-state index is 0.0841. The smallest absolute Gasteiger partial charge is 0.405 e. The van der Waals surface area contributed by atoms with E-state index in [1.165, 1.54) is 65.1 Å². The first-order valence-corrected chi connectivity index (χ1v) is 27.5. The van der Waals surface area contributed by atoms with Gasteiger partial charge in [0, 0.05) is 87.7 Å². The Labute approximate surface area is 474 Å². The van der Waals surface area contributed by atoms with Crippen LogP contribution in [0.25, 0.3) is 28.0 Å². The Morgan fingerprint density at radius 3 is 2.38 bits per heavy atom. The van der Waals surface area contributed by atoms with Gasteiger partial charge in [0.25, 0.3) is 23.8 Å². The third-order valence-corrected chi connectivity index (χ3v) is 15.2. The molecule has 0 bridgehead atoms. The molecule has 2 atom stereocenters. The summed E-state index contributed by atoms with van der Waals surface area (Å²) in [6, 6.07) is 22.8. The average molecular weight is 1170 g/mol. The van der Waals surface area contributed by atoms with Gasteiger partial charge >= 0.3 is 6.18 Å². The fraction of sp³-hybridized carbons (Fsp3) is 0.345. The Bertz CT molecular complexity index is 3500. The molecular weight excluding hydrogens is 1120 g/mol. The third kappa shape index (κ3) is 14.4. The van der Waals surface area contributed by atoms with E-state index < -0.39 is 41.9 Å². The standard InChI is InChI=1S/C55H55ClF5N13O7S/c1-2-73-52(79)39-28-37(56)11-14-40(39)68-54(73)82-46(33-7-4-3-5-8-33)53(80)72-22-17-36(29-72)49(77)64-20-16-44(75)71-25-23-70(24-26-71)21-6-18-63-48(76)34-9-12-38(13-10-34)74-30-41(45(69-74)47(57)58)66-50(78)42-31-81-51(67-42)35-15-19-62-43(27-35)65-32-55(59,60)61/h3-5,7-15,19,27-28,30-31,36,46-47H,2,6,16-18,20-26,29,32H2,1H3,(H,62,65)(H,63,76)(H,64,77)(H,66,78)/t36-,46?/m0/s1. The number of oxazole rings is 1. The molecule has 4 N–H and O–H groups in total. The summed E-state index contributed by atoms with van der Waals surface area (Å²) in [5.41, 5.74) is 0.390. The number of rotatable bonds is 21. The predicted octanol–water partition coefficient (Wildman–Crippen LogP) is 7.62. The molecule has 0 radical (unpaired) electrons. The van der Waals surface area contributed by atoms with Gasteiger partial charge in [-0.2, -0.15) is 18.3 Å². The monoisotopic (exact) mass is 1170 g/mol. The van der Waals surface area contributed by atoms with E-state index in [4.69, 9.17) is 21.0 Å². The number of halogens is 6. The zero-order valence-corrected chi connectivity index (χ0v) is 45.6. The number of fused-ring (bicyclic) bond motifs is 1. The van der Waals surface area contributed by atoms with Crippen molar-refractivity contribution in [1.29, 1.82) is 0 Å². The van der Waals surface area contributed by atoms with Crippen LogP contribution in [0.3, 0.4) is 0 Å². The predicted molar refractivity (Wildman–Crippen MR) is 295 cm³/mol. The normalized spacial score (nSPS) is 15.2. The van der Waals surface area contributed by atoms with Crippen molar-refractivity contribution in [2.24, 2.45) is 5.92 Å². The molecule has 5 amide bonds. The van der Waals surface area contributed by atoms with Crippen molar-refractivity contribution in [3.05, 3.63) is 141 Å². The van der Waals surface area contributed by atoms with Crippen molar-refractivity contribution in [2.75, 3.05) is 76.1 Å². The molecule has 430 valence electrons. The second-order valence-corrected chi connectivity index (χ2v) is 20.8. The fourth-order valence-electron chi connectivity index (χ4n) is 9.39. The zero-order valence-electron chi connectivity index (χ0n) is 44.0. The maximum Gasteiger partial charge on any atom is 0.405 e. The van der Waals surface area contributed by atoms with Gasteiger partial charge in [-0.1, -0.05) is 53.7 Å². The van der Waals surface area contributed by atoms with Crippen LogP contribution >= 0.6 is 23.4 Å². The molecule has 0 spiro atoms. The molecular formula is C55H55ClF5N13O7S. The average Bonchev–Trinajstić information content (AvgIpc) is 4.41. The van der Waals surface area contributed by atoms with E-state index in [0.717, 1.165) is 16.5 Å². The number of thioether (sulfide) groups is 1. The summed E-state index contributed by atoms with van der Waals surface area (Å²) in [5.74, 6) is -2.51. The van der Waals surface area contributed by atoms with E-state index in [0.29, 0.717) is 97.5 Å². The fourth-order valence-corrected chi connectivity index (χ4v) is 10.8. The topological polar surface area (TPSA) is 235 Å². The second kappa shape index (κ2) is 26.1. The number of likely N-dealkylation sites (tertiary alicyclic amines) is 1. The van der Waals surface area contributed by atoms with Crippen molar-refractivity contribution in [3.63, 3.8) is 0 Å². The molecule has 2 aliphatic rings. The van der Waals surface area contributed by atoms with E-state index in [2.05, 4.69) is 41.2 Å². The Morgan fingerprint density at radius 2 is 1.65 bits per heavy atom. The minimum Gasteiger partial charge on any atom is -0.444 e. The summed E-state index contributed by atoms with van der Waals surface area (Å²) in [7, 11) is 0. The number of nitrogens with zero attached hydrogens (tertiary/aromatic N) is 9. The van der Waals surface area contributed by atoms with E-state index in [9.17, 15) is 50.7 Å². The Morgan fingerprint density at radius 1 is 0.878 bits per heavy atom. The summed E-state index contributed by atoms with van der Waals surface area (Å²) in [6.45, 7) is 4.84. The van der Waals surface area contributed by atoms with Crippen molar-refractivity contribution < 1.29 is 50.3 Å². The molecule has 0 saturated carbocycles. The van der Waals surface area contributed by atoms with Gasteiger partial charge < -0.3 is 35.5 Å². The van der Waals surface area contributed by atoms with Gasteiger partial charge in [0.2, 0.25) is 23.6 Å². The second-order valence-electron chi connectivity index (χ2n) is 19.3. The van der Waals surface area contributed by atoms with Crippen LogP contribution in [0.15, 0.2) is 118 Å². The highest BCUT2D eigenvalue weighted by Gasteiger charge is 2.36. The molecule has 20 nitrogen and oxygen atoms in total. The molecule has 2 saturated heterocycles. The molecule has 4 aromatic heterocycles. The van der Waals surface area contributed by atoms with Crippen LogP contribution in [-0.4, -0.2) is 145 Å². The lowest BCUT2D eigenvalue weighted by molar-refractivity contribution is -0.133. The van der Waals surface area contributed by atoms with Gasteiger partial charge in [-0.05, 0) is 86.5 Å². The molecule has 2 fully saturated rings. The Hall–Kier alpha value is -8.23. The molecule has 82 heavy (non-hydrogen) atoms. The minimum atomic E-state index is -4.49. The van der Waals surface area contributed by atoms with Gasteiger partial charge in [-0.15, -0.1) is 0 Å². The van der Waals surface area contributed by atoms with Gasteiger partial charge in [-0.3, -0.25) is 38.2 Å². The van der Waals surface area contributed by atoms with Crippen molar-refractivity contribution >= 4 is 75.3 Å². The zero-order chi connectivity index (χ0) is 58.1. The van der Waals surface area contributed by atoms with E-state index in [1.54, 1.807) is 28.0 Å². The van der Waals surface area contributed by atoms with E-state index in [-0.39, 0.29) is 77.4 Å². The molecule has 27 heteroatoms. The SMILES string of the molecule is CCn1c(SC(C(=O)N2CC[C@H](C(=O)NCCC(=O)N3CCN(CCCNC(=O)c4ccc(-n5cc(NC(=O)c6coc(-c7ccnc(NCC(F)(F)F)c7)n6)c(C(F)F)n5)cc4)CC3)C2)c2ccccc2)nc2ccc(Cl)cc2c1=O. The maximum atomic E-state index is 14.3. The number of aromatic nitrogens is 6. The number of anilines is 2. The number of amides is 5. The van der Waals surface area contributed by atoms with Gasteiger partial charge in [0.15, 0.2) is 16.5 Å². The third-order valence-electron chi connectivity index (χ3n) is 13.7. The number of benzene rings is 3. The largest absolute Gasteiger partial charge is 0.444 e. The summed E-state index contributed by atoms with van der Waals surface area (Å²) in [5, 5.41) is 14.7. The summed E-state index contributed by atoms with van der Waals surface area (Å²) >= 11 is 7.38. The number of hydrogen-bond donors (Lipinski definition) is 4. The van der Waals surface area contributed by atoms with Crippen LogP contribution < -0.4 is 26.8 Å². The van der Waals surface area contributed by atoms with Crippen LogP contribution in [0.2, 0.25) is 5.02 Å². The highest BCUT2D eigenvalue weighted by Crippen LogP contribution is 2.38. The molecule has 9 rings (SSSR count). The Kier molecular flexibility index (Phi) is 18.6. The number of carbonyl (C=O) groups excluding carboxylic acids is 5. The van der Waals surface area contributed by atoms with Crippen molar-refractivity contribution in [3.8, 4) is 17.1 Å². The highest BCUT2D eigenvalue weighted by molar-refractivity contribution is 8.00. The van der Waals surface area contributed by atoms with Crippen LogP contribution in [0.4, 0.5) is 33.5 Å². The number of carbonyl (C=O) groups is 5. The first-order chi connectivity index (χ1) is 39.4. The number of hydrogen-bond acceptors (Lipinski definition) is 14. The quantitative estimate of drug-likeness (QED) is 0.0235. The maximum absolute atomic E-state index is 14.3. The number of pyridine rings is 1. The van der Waals surface area contributed by atoms with Crippen molar-refractivity contribution in [1.82, 2.24) is 54.6 Å².